The smallest absolute Gasteiger partial charge is 0.254 e. The van der Waals surface area contributed by atoms with E-state index in [1.165, 1.54) is 0 Å². The monoisotopic (exact) mass is 396 g/mol. The predicted octanol–water partition coefficient (Wildman–Crippen LogP) is 5.27. The maximum Gasteiger partial charge on any atom is 0.254 e. The molecule has 0 unspecified atom stereocenters. The Morgan fingerprint density at radius 2 is 2.04 bits per heavy atom. The third kappa shape index (κ3) is 3.73. The Kier molecular flexibility index (Phi) is 5.30. The zero-order chi connectivity index (χ0) is 19.5. The van der Waals surface area contributed by atoms with E-state index >= 15 is 0 Å². The second-order valence-electron chi connectivity index (χ2n) is 6.65. The van der Waals surface area contributed by atoms with Crippen LogP contribution in [0.5, 0.6) is 5.75 Å². The molecule has 0 fully saturated rings. The number of imidazole rings is 1. The van der Waals surface area contributed by atoms with Crippen LogP contribution in [-0.2, 0) is 13.0 Å². The average molecular weight is 397 g/mol. The summed E-state index contributed by atoms with van der Waals surface area (Å²) >= 11 is 6.34. The van der Waals surface area contributed by atoms with Crippen LogP contribution in [0.15, 0.2) is 47.0 Å². The quantitative estimate of drug-likeness (QED) is 0.426. The largest absolute Gasteiger partial charge is 0.484 e. The second kappa shape index (κ2) is 8.02. The lowest BCUT2D eigenvalue weighted by atomic mass is 10.2. The van der Waals surface area contributed by atoms with Crippen molar-refractivity contribution >= 4 is 17.1 Å². The van der Waals surface area contributed by atoms with Gasteiger partial charge in [-0.05, 0) is 37.1 Å². The topological polar surface area (TPSA) is 65.5 Å². The highest BCUT2D eigenvalue weighted by Gasteiger charge is 2.14. The first-order valence-corrected chi connectivity index (χ1v) is 9.71. The van der Waals surface area contributed by atoms with Crippen LogP contribution in [0.25, 0.3) is 17.0 Å². The van der Waals surface area contributed by atoms with Crippen LogP contribution in [0.4, 0.5) is 0 Å². The maximum atomic E-state index is 6.34. The molecule has 1 aromatic carbocycles. The van der Waals surface area contributed by atoms with Crippen LogP contribution in [-0.4, -0.2) is 19.6 Å². The van der Waals surface area contributed by atoms with Gasteiger partial charge in [0.15, 0.2) is 11.8 Å². The molecule has 0 saturated carbocycles. The Labute approximate surface area is 168 Å². The van der Waals surface area contributed by atoms with Crippen LogP contribution < -0.4 is 4.74 Å². The van der Waals surface area contributed by atoms with Crippen LogP contribution >= 0.6 is 11.6 Å². The number of aryl methyl sites for hydroxylation is 2. The highest BCUT2D eigenvalue weighted by Crippen LogP contribution is 2.26. The Balaban J connectivity index is 1.54. The van der Waals surface area contributed by atoms with Gasteiger partial charge in [-0.2, -0.15) is 0 Å². The third-order valence-electron chi connectivity index (χ3n) is 4.58. The maximum absolute atomic E-state index is 6.34. The summed E-state index contributed by atoms with van der Waals surface area (Å²) in [6, 6.07) is 11.7. The van der Waals surface area contributed by atoms with Gasteiger partial charge in [-0.1, -0.05) is 43.1 Å². The summed E-state index contributed by atoms with van der Waals surface area (Å²) < 4.78 is 13.6. The number of halogens is 1. The number of nitrogens with zero attached hydrogens (tertiary/aromatic N) is 4. The minimum absolute atomic E-state index is 0.217. The van der Waals surface area contributed by atoms with Gasteiger partial charge in [0.05, 0.1) is 5.52 Å². The number of rotatable bonds is 7. The van der Waals surface area contributed by atoms with Gasteiger partial charge in [0.1, 0.15) is 11.6 Å². The summed E-state index contributed by atoms with van der Waals surface area (Å²) in [4.78, 5) is 4.48. The Bertz CT molecular complexity index is 1100. The van der Waals surface area contributed by atoms with Crippen molar-refractivity contribution in [3.8, 4) is 17.2 Å². The molecule has 0 N–H and O–H groups in total. The summed E-state index contributed by atoms with van der Waals surface area (Å²) in [5.41, 5.74) is 2.69. The summed E-state index contributed by atoms with van der Waals surface area (Å²) in [6.45, 7) is 4.37. The standard InChI is InChI=1S/C21H21ClN4O2/c1-3-4-9-18-23-20(22)16-12-15(10-11-26(16)18)21-25-24-19(28-21)13-27-17-8-6-5-7-14(17)2/h5-8,10-12H,3-4,9,13H2,1-2H3. The van der Waals surface area contributed by atoms with Gasteiger partial charge in [-0.15, -0.1) is 10.2 Å². The number of benzene rings is 1. The predicted molar refractivity (Wildman–Crippen MR) is 108 cm³/mol. The molecule has 3 aromatic heterocycles. The summed E-state index contributed by atoms with van der Waals surface area (Å²) in [7, 11) is 0. The van der Waals surface area contributed by atoms with Crippen molar-refractivity contribution in [2.24, 2.45) is 0 Å². The minimum atomic E-state index is 0.217. The van der Waals surface area contributed by atoms with Gasteiger partial charge in [0.25, 0.3) is 5.89 Å². The van der Waals surface area contributed by atoms with E-state index in [0.29, 0.717) is 16.9 Å². The first kappa shape index (κ1) is 18.5. The molecule has 28 heavy (non-hydrogen) atoms. The SMILES string of the molecule is CCCCc1nc(Cl)c2cc(-c3nnc(COc4ccccc4C)o3)ccn12. The average Bonchev–Trinajstić information content (AvgIpc) is 3.30. The van der Waals surface area contributed by atoms with Crippen LogP contribution in [0.2, 0.25) is 5.15 Å². The lowest BCUT2D eigenvalue weighted by molar-refractivity contribution is 0.263. The number of para-hydroxylation sites is 1. The summed E-state index contributed by atoms with van der Waals surface area (Å²) in [6.07, 6.45) is 5.03. The van der Waals surface area contributed by atoms with Crippen molar-refractivity contribution < 1.29 is 9.15 Å². The van der Waals surface area contributed by atoms with E-state index in [1.54, 1.807) is 0 Å². The van der Waals surface area contributed by atoms with Gasteiger partial charge < -0.3 is 13.6 Å². The fourth-order valence-electron chi connectivity index (χ4n) is 3.04. The molecule has 144 valence electrons. The van der Waals surface area contributed by atoms with E-state index in [9.17, 15) is 0 Å². The molecule has 4 rings (SSSR count). The molecule has 0 aliphatic rings. The number of ether oxygens (including phenoxy) is 1. The third-order valence-corrected chi connectivity index (χ3v) is 4.86. The number of hydrogen-bond donors (Lipinski definition) is 0. The number of pyridine rings is 1. The van der Waals surface area contributed by atoms with E-state index in [4.69, 9.17) is 20.8 Å². The molecule has 4 aromatic rings. The highest BCUT2D eigenvalue weighted by molar-refractivity contribution is 6.32. The van der Waals surface area contributed by atoms with Gasteiger partial charge in [-0.3, -0.25) is 0 Å². The summed E-state index contributed by atoms with van der Waals surface area (Å²) in [5.74, 6) is 2.61. The van der Waals surface area contributed by atoms with Gasteiger partial charge in [0, 0.05) is 18.2 Å². The second-order valence-corrected chi connectivity index (χ2v) is 7.01. The van der Waals surface area contributed by atoms with Crippen molar-refractivity contribution in [1.29, 1.82) is 0 Å². The Morgan fingerprint density at radius 1 is 1.18 bits per heavy atom. The van der Waals surface area contributed by atoms with Crippen molar-refractivity contribution in [2.75, 3.05) is 0 Å². The number of unbranched alkanes of at least 4 members (excludes halogenated alkanes) is 1. The molecular weight excluding hydrogens is 376 g/mol. The van der Waals surface area contributed by atoms with E-state index in [0.717, 1.165) is 47.5 Å². The Morgan fingerprint density at radius 3 is 2.86 bits per heavy atom. The lowest BCUT2D eigenvalue weighted by Crippen LogP contribution is -1.97. The molecule has 0 spiro atoms. The molecule has 0 radical (unpaired) electrons. The van der Waals surface area contributed by atoms with Crippen LogP contribution in [0.1, 0.15) is 37.0 Å². The molecular formula is C21H21ClN4O2. The number of fused-ring (bicyclic) bond motifs is 1. The van der Waals surface area contributed by atoms with Crippen LogP contribution in [0, 0.1) is 6.92 Å². The van der Waals surface area contributed by atoms with Gasteiger partial charge in [-0.25, -0.2) is 4.98 Å². The molecule has 6 nitrogen and oxygen atoms in total. The number of aromatic nitrogens is 4. The first-order chi connectivity index (χ1) is 13.7. The molecule has 3 heterocycles. The lowest BCUT2D eigenvalue weighted by Gasteiger charge is -2.05. The number of hydrogen-bond acceptors (Lipinski definition) is 5. The van der Waals surface area contributed by atoms with E-state index in [1.807, 2.05) is 53.9 Å². The van der Waals surface area contributed by atoms with Crippen molar-refractivity contribution in [2.45, 2.75) is 39.7 Å². The van der Waals surface area contributed by atoms with Gasteiger partial charge in [0.2, 0.25) is 5.89 Å². The normalized spacial score (nSPS) is 11.2. The first-order valence-electron chi connectivity index (χ1n) is 9.33. The van der Waals surface area contributed by atoms with E-state index in [2.05, 4.69) is 22.1 Å². The zero-order valence-electron chi connectivity index (χ0n) is 15.9. The Hall–Kier alpha value is -2.86. The van der Waals surface area contributed by atoms with Crippen LogP contribution in [0.3, 0.4) is 0 Å². The molecule has 0 bridgehead atoms. The molecule has 0 atom stereocenters. The molecule has 0 aliphatic heterocycles. The fourth-order valence-corrected chi connectivity index (χ4v) is 3.28. The molecule has 0 amide bonds. The minimum Gasteiger partial charge on any atom is -0.484 e. The molecule has 0 saturated heterocycles. The van der Waals surface area contributed by atoms with E-state index in [-0.39, 0.29) is 6.61 Å². The van der Waals surface area contributed by atoms with Crippen molar-refractivity contribution in [1.82, 2.24) is 19.6 Å². The fraction of sp³-hybridized carbons (Fsp3) is 0.286. The molecule has 0 aliphatic carbocycles. The van der Waals surface area contributed by atoms with Crippen molar-refractivity contribution in [3.63, 3.8) is 0 Å². The molecule has 7 heteroatoms. The zero-order valence-corrected chi connectivity index (χ0v) is 16.6. The summed E-state index contributed by atoms with van der Waals surface area (Å²) in [5, 5.41) is 8.72. The van der Waals surface area contributed by atoms with E-state index < -0.39 is 0 Å². The highest BCUT2D eigenvalue weighted by atomic mass is 35.5. The van der Waals surface area contributed by atoms with Crippen molar-refractivity contribution in [3.05, 3.63) is 65.0 Å². The van der Waals surface area contributed by atoms with Gasteiger partial charge >= 0.3 is 0 Å².